The molecule has 1 unspecified atom stereocenters. The third-order valence-electron chi connectivity index (χ3n) is 4.83. The molecule has 132 valence electrons. The molecule has 4 rings (SSSR count). The molecule has 0 radical (unpaired) electrons. The lowest BCUT2D eigenvalue weighted by molar-refractivity contribution is 0.625. The maximum atomic E-state index is 6.45. The highest BCUT2D eigenvalue weighted by atomic mass is 32.2. The Morgan fingerprint density at radius 3 is 2.54 bits per heavy atom. The molecule has 6 heteroatoms. The second-order valence-electron chi connectivity index (χ2n) is 6.34. The van der Waals surface area contributed by atoms with E-state index in [9.17, 15) is 0 Å². The second kappa shape index (κ2) is 7.33. The summed E-state index contributed by atoms with van der Waals surface area (Å²) in [6.07, 6.45) is 10.9. The van der Waals surface area contributed by atoms with Gasteiger partial charge in [-0.25, -0.2) is 9.97 Å². The molecule has 2 N–H and O–H groups in total. The number of nitrogens with two attached hydrogens (primary N) is 1. The number of allylic oxidation sites excluding steroid dienone is 2. The molecule has 0 fully saturated rings. The molecule has 3 aromatic rings. The van der Waals surface area contributed by atoms with Gasteiger partial charge in [0.25, 0.3) is 5.95 Å². The zero-order valence-electron chi connectivity index (χ0n) is 14.7. The van der Waals surface area contributed by atoms with Gasteiger partial charge in [-0.05, 0) is 48.6 Å². The van der Waals surface area contributed by atoms with E-state index in [0.717, 1.165) is 29.9 Å². The highest BCUT2D eigenvalue weighted by Crippen LogP contribution is 2.40. The minimum Gasteiger partial charge on any atom is -0.383 e. The van der Waals surface area contributed by atoms with Gasteiger partial charge in [-0.1, -0.05) is 36.4 Å². The number of thioether (sulfide) groups is 1. The fourth-order valence-corrected chi connectivity index (χ4v) is 4.10. The van der Waals surface area contributed by atoms with E-state index < -0.39 is 0 Å². The fourth-order valence-electron chi connectivity index (χ4n) is 3.50. The van der Waals surface area contributed by atoms with Gasteiger partial charge in [-0.15, -0.1) is 11.8 Å². The number of aromatic nitrogens is 4. The fraction of sp³-hybridized carbons (Fsp3) is 0.250. The molecule has 5 nitrogen and oxygen atoms in total. The van der Waals surface area contributed by atoms with Gasteiger partial charge in [-0.2, -0.15) is 9.78 Å². The Bertz CT molecular complexity index is 918. The van der Waals surface area contributed by atoms with E-state index in [-0.39, 0.29) is 0 Å². The number of hydrogen-bond acceptors (Lipinski definition) is 5. The van der Waals surface area contributed by atoms with E-state index in [4.69, 9.17) is 5.73 Å². The van der Waals surface area contributed by atoms with Crippen molar-refractivity contribution in [2.24, 2.45) is 0 Å². The molecule has 0 spiro atoms. The lowest BCUT2D eigenvalue weighted by Crippen LogP contribution is -2.08. The summed E-state index contributed by atoms with van der Waals surface area (Å²) in [6.45, 7) is 0. The smallest absolute Gasteiger partial charge is 0.252 e. The first-order chi connectivity index (χ1) is 12.8. The van der Waals surface area contributed by atoms with Gasteiger partial charge >= 0.3 is 0 Å². The van der Waals surface area contributed by atoms with Gasteiger partial charge in [0, 0.05) is 12.4 Å². The van der Waals surface area contributed by atoms with E-state index in [1.165, 1.54) is 11.1 Å². The van der Waals surface area contributed by atoms with Crippen LogP contribution in [0.1, 0.15) is 36.3 Å². The molecule has 2 aromatic heterocycles. The lowest BCUT2D eigenvalue weighted by atomic mass is 9.83. The van der Waals surface area contributed by atoms with Crippen LogP contribution >= 0.6 is 11.8 Å². The van der Waals surface area contributed by atoms with Crippen LogP contribution in [0.5, 0.6) is 0 Å². The zero-order chi connectivity index (χ0) is 17.9. The topological polar surface area (TPSA) is 69.6 Å². The Morgan fingerprint density at radius 2 is 1.88 bits per heavy atom. The summed E-state index contributed by atoms with van der Waals surface area (Å²) in [5, 5.41) is 5.57. The van der Waals surface area contributed by atoms with Crippen LogP contribution < -0.4 is 5.73 Å². The predicted octanol–water partition coefficient (Wildman–Crippen LogP) is 4.32. The molecule has 0 saturated heterocycles. The number of benzene rings is 1. The van der Waals surface area contributed by atoms with E-state index in [0.29, 0.717) is 17.7 Å². The minimum atomic E-state index is 0.505. The summed E-state index contributed by atoms with van der Waals surface area (Å²) in [5.41, 5.74) is 10.2. The van der Waals surface area contributed by atoms with Gasteiger partial charge in [-0.3, -0.25) is 0 Å². The van der Waals surface area contributed by atoms with Crippen LogP contribution in [-0.2, 0) is 0 Å². The minimum absolute atomic E-state index is 0.505. The molecule has 1 aromatic carbocycles. The molecule has 0 bridgehead atoms. The summed E-state index contributed by atoms with van der Waals surface area (Å²) in [4.78, 5) is 8.55. The number of nitrogens with zero attached hydrogens (tertiary/aromatic N) is 4. The van der Waals surface area contributed by atoms with E-state index in [1.54, 1.807) is 34.9 Å². The molecule has 0 aliphatic heterocycles. The Balaban J connectivity index is 1.66. The average molecular weight is 363 g/mol. The number of rotatable bonds is 4. The van der Waals surface area contributed by atoms with Crippen molar-refractivity contribution in [3.8, 4) is 5.95 Å². The Morgan fingerprint density at radius 1 is 1.12 bits per heavy atom. The third kappa shape index (κ3) is 3.12. The second-order valence-corrected chi connectivity index (χ2v) is 7.14. The summed E-state index contributed by atoms with van der Waals surface area (Å²) in [5.74, 6) is 1.70. The number of hydrogen-bond donors (Lipinski definition) is 1. The van der Waals surface area contributed by atoms with Crippen LogP contribution in [0.4, 0.5) is 5.82 Å². The van der Waals surface area contributed by atoms with E-state index >= 15 is 0 Å². The van der Waals surface area contributed by atoms with Crippen molar-refractivity contribution < 1.29 is 0 Å². The monoisotopic (exact) mass is 363 g/mol. The Kier molecular flexibility index (Phi) is 4.75. The predicted molar refractivity (Wildman–Crippen MR) is 106 cm³/mol. The molecule has 1 aliphatic carbocycles. The third-order valence-corrected chi connectivity index (χ3v) is 5.50. The van der Waals surface area contributed by atoms with Crippen LogP contribution in [0.15, 0.2) is 59.9 Å². The van der Waals surface area contributed by atoms with Crippen LogP contribution in [0.3, 0.4) is 0 Å². The SMILES string of the molecule is CSc1nn(-c2ncccn2)c(N)c1C1=CCC(c2ccccc2)CC1. The van der Waals surface area contributed by atoms with E-state index in [1.807, 2.05) is 6.26 Å². The average Bonchev–Trinajstić information content (AvgIpc) is 3.06. The summed E-state index contributed by atoms with van der Waals surface area (Å²) < 4.78 is 1.64. The Labute approximate surface area is 157 Å². The van der Waals surface area contributed by atoms with Gasteiger partial charge in [0.2, 0.25) is 0 Å². The van der Waals surface area contributed by atoms with Gasteiger partial charge in [0.05, 0.1) is 5.56 Å². The highest BCUT2D eigenvalue weighted by Gasteiger charge is 2.24. The van der Waals surface area contributed by atoms with Crippen molar-refractivity contribution in [3.05, 3.63) is 66.0 Å². The van der Waals surface area contributed by atoms with Crippen molar-refractivity contribution in [3.63, 3.8) is 0 Å². The van der Waals surface area contributed by atoms with Crippen LogP contribution in [-0.4, -0.2) is 26.0 Å². The molecular weight excluding hydrogens is 342 g/mol. The van der Waals surface area contributed by atoms with Crippen molar-refractivity contribution in [2.75, 3.05) is 12.0 Å². The maximum absolute atomic E-state index is 6.45. The van der Waals surface area contributed by atoms with Crippen LogP contribution in [0, 0.1) is 0 Å². The van der Waals surface area contributed by atoms with Crippen molar-refractivity contribution >= 4 is 23.2 Å². The molecule has 0 saturated carbocycles. The lowest BCUT2D eigenvalue weighted by Gasteiger charge is -2.22. The van der Waals surface area contributed by atoms with Gasteiger partial charge < -0.3 is 5.73 Å². The number of anilines is 1. The summed E-state index contributed by atoms with van der Waals surface area (Å²) in [6, 6.07) is 12.5. The van der Waals surface area contributed by atoms with Crippen LogP contribution in [0.25, 0.3) is 11.5 Å². The first-order valence-corrected chi connectivity index (χ1v) is 9.94. The van der Waals surface area contributed by atoms with Crippen LogP contribution in [0.2, 0.25) is 0 Å². The van der Waals surface area contributed by atoms with Crippen molar-refractivity contribution in [1.82, 2.24) is 19.7 Å². The molecule has 2 heterocycles. The normalized spacial score (nSPS) is 17.1. The quantitative estimate of drug-likeness (QED) is 0.699. The first-order valence-electron chi connectivity index (χ1n) is 8.72. The molecule has 1 atom stereocenters. The molecule has 0 amide bonds. The van der Waals surface area contributed by atoms with Gasteiger partial charge in [0.1, 0.15) is 10.8 Å². The standard InChI is InChI=1S/C20H21N5S/c1-26-19-17(18(21)25(24-19)20-22-12-5-13-23-20)16-10-8-15(9-11-16)14-6-3-2-4-7-14/h2-7,10,12-13,15H,8-9,11,21H2,1H3. The molecule has 26 heavy (non-hydrogen) atoms. The van der Waals surface area contributed by atoms with E-state index in [2.05, 4.69) is 51.5 Å². The van der Waals surface area contributed by atoms with Crippen molar-refractivity contribution in [2.45, 2.75) is 30.2 Å². The largest absolute Gasteiger partial charge is 0.383 e. The van der Waals surface area contributed by atoms with Crippen molar-refractivity contribution in [1.29, 1.82) is 0 Å². The summed E-state index contributed by atoms with van der Waals surface area (Å²) in [7, 11) is 0. The Hall–Kier alpha value is -2.60. The summed E-state index contributed by atoms with van der Waals surface area (Å²) >= 11 is 1.61. The molecular formula is C20H21N5S. The number of nitrogen functional groups attached to an aromatic ring is 1. The zero-order valence-corrected chi connectivity index (χ0v) is 15.5. The van der Waals surface area contributed by atoms with Gasteiger partial charge in [0.15, 0.2) is 0 Å². The highest BCUT2D eigenvalue weighted by molar-refractivity contribution is 7.98. The molecule has 1 aliphatic rings. The maximum Gasteiger partial charge on any atom is 0.252 e. The first kappa shape index (κ1) is 16.8.